The number of hydrogen-bond donors (Lipinski definition) is 2. The Morgan fingerprint density at radius 1 is 1.20 bits per heavy atom. The van der Waals surface area contributed by atoms with E-state index in [9.17, 15) is 5.11 Å². The summed E-state index contributed by atoms with van der Waals surface area (Å²) in [6.45, 7) is 5.97. The first-order valence-electron chi connectivity index (χ1n) is 3.92. The van der Waals surface area contributed by atoms with Crippen LogP contribution in [-0.4, -0.2) is 22.9 Å². The van der Waals surface area contributed by atoms with Gasteiger partial charge in [0.05, 0.1) is 6.10 Å². The Kier molecular flexibility index (Phi) is 4.65. The van der Waals surface area contributed by atoms with E-state index in [1.165, 1.54) is 0 Å². The Hall–Kier alpha value is -0.0800. The lowest BCUT2D eigenvalue weighted by Gasteiger charge is -2.21. The Bertz CT molecular complexity index is 73.3. The molecule has 0 saturated heterocycles. The number of aliphatic hydroxyl groups is 2. The van der Waals surface area contributed by atoms with Crippen LogP contribution in [0.3, 0.4) is 0 Å². The number of aliphatic hydroxyl groups excluding tert-OH is 2. The van der Waals surface area contributed by atoms with Gasteiger partial charge in [-0.1, -0.05) is 27.2 Å². The monoisotopic (exact) mass is 146 g/mol. The molecule has 10 heavy (non-hydrogen) atoms. The Morgan fingerprint density at radius 2 is 1.70 bits per heavy atom. The molecular formula is C8H18O2. The van der Waals surface area contributed by atoms with Crippen LogP contribution in [0, 0.1) is 11.8 Å². The minimum absolute atomic E-state index is 0.00921. The van der Waals surface area contributed by atoms with Crippen molar-refractivity contribution in [2.45, 2.75) is 33.3 Å². The van der Waals surface area contributed by atoms with E-state index in [0.717, 1.165) is 6.42 Å². The van der Waals surface area contributed by atoms with E-state index in [1.54, 1.807) is 0 Å². The van der Waals surface area contributed by atoms with Crippen LogP contribution < -0.4 is 0 Å². The molecule has 0 aliphatic carbocycles. The van der Waals surface area contributed by atoms with Gasteiger partial charge in [-0.15, -0.1) is 0 Å². The molecule has 0 aromatic heterocycles. The fourth-order valence-corrected chi connectivity index (χ4v) is 0.910. The van der Waals surface area contributed by atoms with Gasteiger partial charge < -0.3 is 10.2 Å². The highest BCUT2D eigenvalue weighted by molar-refractivity contribution is 4.68. The first-order valence-corrected chi connectivity index (χ1v) is 3.92. The van der Waals surface area contributed by atoms with Gasteiger partial charge in [0, 0.05) is 12.5 Å². The van der Waals surface area contributed by atoms with Crippen LogP contribution in [0.15, 0.2) is 0 Å². The van der Waals surface area contributed by atoms with Crippen LogP contribution >= 0.6 is 0 Å². The molecule has 0 aromatic carbocycles. The molecule has 0 saturated carbocycles. The predicted octanol–water partition coefficient (Wildman–Crippen LogP) is 1.02. The second kappa shape index (κ2) is 4.69. The molecule has 0 radical (unpaired) electrons. The third-order valence-corrected chi connectivity index (χ3v) is 2.10. The van der Waals surface area contributed by atoms with Crippen molar-refractivity contribution >= 4 is 0 Å². The smallest absolute Gasteiger partial charge is 0.0613 e. The molecule has 0 aliphatic rings. The van der Waals surface area contributed by atoms with Crippen LogP contribution in [0.4, 0.5) is 0 Å². The van der Waals surface area contributed by atoms with Gasteiger partial charge >= 0.3 is 0 Å². The quantitative estimate of drug-likeness (QED) is 0.621. The molecule has 2 nitrogen and oxygen atoms in total. The van der Waals surface area contributed by atoms with Gasteiger partial charge in [0.25, 0.3) is 0 Å². The van der Waals surface area contributed by atoms with Crippen molar-refractivity contribution in [3.05, 3.63) is 0 Å². The summed E-state index contributed by atoms with van der Waals surface area (Å²) in [4.78, 5) is 0. The summed E-state index contributed by atoms with van der Waals surface area (Å²) < 4.78 is 0. The highest BCUT2D eigenvalue weighted by Gasteiger charge is 2.18. The molecule has 0 heterocycles. The van der Waals surface area contributed by atoms with E-state index in [0.29, 0.717) is 5.92 Å². The summed E-state index contributed by atoms with van der Waals surface area (Å²) in [5.74, 6) is 0.303. The fourth-order valence-electron chi connectivity index (χ4n) is 0.910. The maximum absolute atomic E-state index is 9.43. The summed E-state index contributed by atoms with van der Waals surface area (Å²) in [5.41, 5.74) is 0. The molecular weight excluding hydrogens is 128 g/mol. The summed E-state index contributed by atoms with van der Waals surface area (Å²) in [5, 5.41) is 18.1. The lowest BCUT2D eigenvalue weighted by atomic mass is 9.92. The molecule has 0 amide bonds. The summed E-state index contributed by atoms with van der Waals surface area (Å²) >= 11 is 0. The van der Waals surface area contributed by atoms with E-state index in [1.807, 2.05) is 20.8 Å². The summed E-state index contributed by atoms with van der Waals surface area (Å²) in [7, 11) is 0. The molecule has 0 aliphatic heterocycles. The first-order chi connectivity index (χ1) is 4.63. The SMILES string of the molecule is CCC(C)[C@@H](O)[C@@H](C)CO. The molecule has 0 rings (SSSR count). The van der Waals surface area contributed by atoms with Crippen molar-refractivity contribution in [1.82, 2.24) is 0 Å². The van der Waals surface area contributed by atoms with Gasteiger partial charge in [0.1, 0.15) is 0 Å². The van der Waals surface area contributed by atoms with Crippen LogP contribution in [-0.2, 0) is 0 Å². The molecule has 3 atom stereocenters. The van der Waals surface area contributed by atoms with Gasteiger partial charge in [-0.05, 0) is 5.92 Å². The van der Waals surface area contributed by atoms with Crippen molar-refractivity contribution in [3.8, 4) is 0 Å². The van der Waals surface area contributed by atoms with Gasteiger partial charge in [0.15, 0.2) is 0 Å². The standard InChI is InChI=1S/C8H18O2/c1-4-6(2)8(10)7(3)5-9/h6-10H,4-5H2,1-3H3/t6?,7-,8+/m0/s1. The van der Waals surface area contributed by atoms with Crippen molar-refractivity contribution in [3.63, 3.8) is 0 Å². The average Bonchev–Trinajstić information content (AvgIpc) is 2.00. The van der Waals surface area contributed by atoms with E-state index < -0.39 is 0 Å². The van der Waals surface area contributed by atoms with E-state index in [-0.39, 0.29) is 18.6 Å². The zero-order valence-electron chi connectivity index (χ0n) is 7.04. The molecule has 0 aromatic rings. The van der Waals surface area contributed by atoms with Crippen LogP contribution in [0.5, 0.6) is 0 Å². The molecule has 0 bridgehead atoms. The average molecular weight is 146 g/mol. The van der Waals surface area contributed by atoms with Crippen molar-refractivity contribution in [2.75, 3.05) is 6.61 Å². The molecule has 1 unspecified atom stereocenters. The predicted molar refractivity (Wildman–Crippen MR) is 41.7 cm³/mol. The van der Waals surface area contributed by atoms with Crippen LogP contribution in [0.1, 0.15) is 27.2 Å². The van der Waals surface area contributed by atoms with Gasteiger partial charge in [-0.3, -0.25) is 0 Å². The molecule has 0 fully saturated rings. The van der Waals surface area contributed by atoms with Gasteiger partial charge in [-0.25, -0.2) is 0 Å². The first kappa shape index (κ1) is 9.92. The number of hydrogen-bond acceptors (Lipinski definition) is 2. The Labute approximate surface area is 62.9 Å². The van der Waals surface area contributed by atoms with Crippen molar-refractivity contribution in [2.24, 2.45) is 11.8 Å². The molecule has 2 heteroatoms. The van der Waals surface area contributed by atoms with Gasteiger partial charge in [0.2, 0.25) is 0 Å². The lowest BCUT2D eigenvalue weighted by molar-refractivity contribution is 0.0356. The molecule has 0 spiro atoms. The third kappa shape index (κ3) is 2.67. The maximum atomic E-state index is 9.43. The minimum Gasteiger partial charge on any atom is -0.396 e. The Morgan fingerprint density at radius 3 is 2.00 bits per heavy atom. The van der Waals surface area contributed by atoms with E-state index >= 15 is 0 Å². The van der Waals surface area contributed by atoms with Gasteiger partial charge in [-0.2, -0.15) is 0 Å². The maximum Gasteiger partial charge on any atom is 0.0613 e. The molecule has 2 N–H and O–H groups in total. The largest absolute Gasteiger partial charge is 0.396 e. The highest BCUT2D eigenvalue weighted by Crippen LogP contribution is 2.14. The van der Waals surface area contributed by atoms with E-state index in [4.69, 9.17) is 5.11 Å². The minimum atomic E-state index is -0.352. The zero-order chi connectivity index (χ0) is 8.15. The topological polar surface area (TPSA) is 40.5 Å². The Balaban J connectivity index is 3.69. The van der Waals surface area contributed by atoms with Crippen molar-refractivity contribution in [1.29, 1.82) is 0 Å². The lowest BCUT2D eigenvalue weighted by Crippen LogP contribution is -2.27. The van der Waals surface area contributed by atoms with Crippen LogP contribution in [0.25, 0.3) is 0 Å². The zero-order valence-corrected chi connectivity index (χ0v) is 7.04. The second-order valence-electron chi connectivity index (χ2n) is 3.04. The third-order valence-electron chi connectivity index (χ3n) is 2.10. The fraction of sp³-hybridized carbons (Fsp3) is 1.00. The second-order valence-corrected chi connectivity index (χ2v) is 3.04. The summed E-state index contributed by atoms with van der Waals surface area (Å²) in [6.07, 6.45) is 0.612. The summed E-state index contributed by atoms with van der Waals surface area (Å²) in [6, 6.07) is 0. The highest BCUT2D eigenvalue weighted by atomic mass is 16.3. The van der Waals surface area contributed by atoms with Crippen LogP contribution in [0.2, 0.25) is 0 Å². The van der Waals surface area contributed by atoms with E-state index in [2.05, 4.69) is 0 Å². The number of rotatable bonds is 4. The normalized spacial score (nSPS) is 20.1. The molecule has 62 valence electrons. The van der Waals surface area contributed by atoms with Crippen molar-refractivity contribution < 1.29 is 10.2 Å².